The summed E-state index contributed by atoms with van der Waals surface area (Å²) in [5.41, 5.74) is 6.88. The van der Waals surface area contributed by atoms with Crippen LogP contribution >= 0.6 is 0 Å². The molecule has 0 bridgehead atoms. The van der Waals surface area contributed by atoms with Crippen LogP contribution in [0.4, 0.5) is 5.69 Å². The smallest absolute Gasteiger partial charge is 0.328 e. The van der Waals surface area contributed by atoms with Crippen LogP contribution < -0.4 is 11.1 Å². The fraction of sp³-hybridized carbons (Fsp3) is 0.167. The fourth-order valence-corrected chi connectivity index (χ4v) is 1.18. The van der Waals surface area contributed by atoms with Crippen LogP contribution in [-0.2, 0) is 9.59 Å². The van der Waals surface area contributed by atoms with Crippen molar-refractivity contribution in [1.82, 2.24) is 5.32 Å². The van der Waals surface area contributed by atoms with Crippen LogP contribution in [0.5, 0.6) is 0 Å². The van der Waals surface area contributed by atoms with Gasteiger partial charge in [-0.25, -0.2) is 4.79 Å². The van der Waals surface area contributed by atoms with E-state index in [9.17, 15) is 9.59 Å². The quantitative estimate of drug-likeness (QED) is 0.428. The van der Waals surface area contributed by atoms with Gasteiger partial charge in [-0.2, -0.15) is 0 Å². The first-order valence-electron chi connectivity index (χ1n) is 5.20. The number of anilines is 1. The zero-order valence-corrected chi connectivity index (χ0v) is 9.54. The van der Waals surface area contributed by atoms with Crippen LogP contribution in [0, 0.1) is 0 Å². The third-order valence-electron chi connectivity index (χ3n) is 2.16. The summed E-state index contributed by atoms with van der Waals surface area (Å²) in [6.07, 6.45) is 2.71. The molecule has 0 spiro atoms. The number of nitrogen functional groups attached to an aromatic ring is 1. The number of aliphatic hydroxyl groups is 1. The van der Waals surface area contributed by atoms with E-state index in [1.54, 1.807) is 24.3 Å². The molecule has 0 saturated carbocycles. The molecule has 1 atom stereocenters. The van der Waals surface area contributed by atoms with Gasteiger partial charge in [0.25, 0.3) is 0 Å². The molecule has 1 unspecified atom stereocenters. The molecule has 0 aromatic heterocycles. The number of benzene rings is 1. The van der Waals surface area contributed by atoms with Crippen molar-refractivity contribution in [3.05, 3.63) is 35.9 Å². The minimum Gasteiger partial charge on any atom is -0.480 e. The molecule has 0 aliphatic rings. The number of amides is 1. The second kappa shape index (κ2) is 6.41. The number of hydrogen-bond donors (Lipinski definition) is 4. The number of nitrogens with two attached hydrogens (primary N) is 1. The molecule has 6 heteroatoms. The Morgan fingerprint density at radius 1 is 1.33 bits per heavy atom. The van der Waals surface area contributed by atoms with Crippen LogP contribution in [-0.4, -0.2) is 34.7 Å². The SMILES string of the molecule is Nc1ccc(/C=C/C(=O)NC(CO)C(=O)O)cc1. The lowest BCUT2D eigenvalue weighted by atomic mass is 10.2. The number of aliphatic carboxylic acids is 1. The number of carboxylic acid groups (broad SMARTS) is 1. The van der Waals surface area contributed by atoms with E-state index in [1.807, 2.05) is 0 Å². The van der Waals surface area contributed by atoms with Gasteiger partial charge in [0.15, 0.2) is 6.04 Å². The Balaban J connectivity index is 2.59. The largest absolute Gasteiger partial charge is 0.480 e. The minimum absolute atomic E-state index is 0.590. The number of carbonyl (C=O) groups excluding carboxylic acids is 1. The molecule has 6 nitrogen and oxygen atoms in total. The van der Waals surface area contributed by atoms with Crippen molar-refractivity contribution in [2.75, 3.05) is 12.3 Å². The molecular formula is C12H14N2O4. The Hall–Kier alpha value is -2.34. The summed E-state index contributed by atoms with van der Waals surface area (Å²) in [4.78, 5) is 21.9. The third kappa shape index (κ3) is 4.26. The summed E-state index contributed by atoms with van der Waals surface area (Å²) < 4.78 is 0. The molecule has 0 heterocycles. The standard InChI is InChI=1S/C12H14N2O4/c13-9-4-1-8(2-5-9)3-6-11(16)14-10(7-15)12(17)18/h1-6,10,15H,7,13H2,(H,14,16)(H,17,18)/b6-3+. The van der Waals surface area contributed by atoms with Crippen LogP contribution in [0.1, 0.15) is 5.56 Å². The monoisotopic (exact) mass is 250 g/mol. The van der Waals surface area contributed by atoms with Crippen molar-refractivity contribution in [3.63, 3.8) is 0 Å². The van der Waals surface area contributed by atoms with Gasteiger partial charge in [-0.15, -0.1) is 0 Å². The van der Waals surface area contributed by atoms with Crippen molar-refractivity contribution in [2.24, 2.45) is 0 Å². The summed E-state index contributed by atoms with van der Waals surface area (Å²) in [6.45, 7) is -0.656. The minimum atomic E-state index is -1.30. The Bertz CT molecular complexity index is 454. The third-order valence-corrected chi connectivity index (χ3v) is 2.16. The molecule has 0 saturated heterocycles. The molecule has 1 aromatic carbocycles. The molecule has 5 N–H and O–H groups in total. The highest BCUT2D eigenvalue weighted by Crippen LogP contribution is 2.06. The van der Waals surface area contributed by atoms with E-state index in [1.165, 1.54) is 12.2 Å². The van der Waals surface area contributed by atoms with Gasteiger partial charge in [-0.3, -0.25) is 4.79 Å². The van der Waals surface area contributed by atoms with Crippen LogP contribution in [0.25, 0.3) is 6.08 Å². The van der Waals surface area contributed by atoms with E-state index >= 15 is 0 Å². The zero-order valence-electron chi connectivity index (χ0n) is 9.54. The first-order chi connectivity index (χ1) is 8.52. The highest BCUT2D eigenvalue weighted by Gasteiger charge is 2.16. The van der Waals surface area contributed by atoms with Gasteiger partial charge in [0.05, 0.1) is 6.61 Å². The van der Waals surface area contributed by atoms with Gasteiger partial charge in [-0.1, -0.05) is 12.1 Å². The molecule has 1 amide bonds. The van der Waals surface area contributed by atoms with E-state index in [0.717, 1.165) is 5.56 Å². The van der Waals surface area contributed by atoms with Gasteiger partial charge >= 0.3 is 5.97 Å². The van der Waals surface area contributed by atoms with Gasteiger partial charge < -0.3 is 21.3 Å². The summed E-state index contributed by atoms with van der Waals surface area (Å²) in [6, 6.07) is 5.52. The van der Waals surface area contributed by atoms with Gasteiger partial charge in [0.2, 0.25) is 5.91 Å². The zero-order chi connectivity index (χ0) is 13.5. The first-order valence-corrected chi connectivity index (χ1v) is 5.20. The van der Waals surface area contributed by atoms with E-state index < -0.39 is 24.5 Å². The molecule has 1 aromatic rings. The predicted molar refractivity (Wildman–Crippen MR) is 66.5 cm³/mol. The van der Waals surface area contributed by atoms with E-state index in [2.05, 4.69) is 5.32 Å². The average molecular weight is 250 g/mol. The molecule has 0 radical (unpaired) electrons. The number of aliphatic hydroxyl groups excluding tert-OH is 1. The number of carbonyl (C=O) groups is 2. The maximum Gasteiger partial charge on any atom is 0.328 e. The van der Waals surface area contributed by atoms with Crippen LogP contribution in [0.2, 0.25) is 0 Å². The van der Waals surface area contributed by atoms with Crippen molar-refractivity contribution >= 4 is 23.6 Å². The Labute approximate surface area is 104 Å². The highest BCUT2D eigenvalue weighted by atomic mass is 16.4. The summed E-state index contributed by atoms with van der Waals surface area (Å²) in [7, 11) is 0. The van der Waals surface area contributed by atoms with Crippen molar-refractivity contribution in [3.8, 4) is 0 Å². The van der Waals surface area contributed by atoms with Crippen molar-refractivity contribution in [1.29, 1.82) is 0 Å². The summed E-state index contributed by atoms with van der Waals surface area (Å²) in [5.74, 6) is -1.87. The fourth-order valence-electron chi connectivity index (χ4n) is 1.18. The molecular weight excluding hydrogens is 236 g/mol. The summed E-state index contributed by atoms with van der Waals surface area (Å²) in [5, 5.41) is 19.5. The van der Waals surface area contributed by atoms with Gasteiger partial charge in [0.1, 0.15) is 0 Å². The Morgan fingerprint density at radius 2 is 1.94 bits per heavy atom. The number of nitrogens with one attached hydrogen (secondary N) is 1. The number of rotatable bonds is 5. The van der Waals surface area contributed by atoms with E-state index in [-0.39, 0.29) is 0 Å². The van der Waals surface area contributed by atoms with E-state index in [0.29, 0.717) is 5.69 Å². The lowest BCUT2D eigenvalue weighted by Gasteiger charge is -2.09. The van der Waals surface area contributed by atoms with Crippen LogP contribution in [0.15, 0.2) is 30.3 Å². The molecule has 0 aliphatic heterocycles. The first kappa shape index (κ1) is 13.7. The normalized spacial score (nSPS) is 12.3. The van der Waals surface area contributed by atoms with Crippen molar-refractivity contribution in [2.45, 2.75) is 6.04 Å². The van der Waals surface area contributed by atoms with E-state index in [4.69, 9.17) is 15.9 Å². The molecule has 96 valence electrons. The maximum atomic E-state index is 11.4. The second-order valence-electron chi connectivity index (χ2n) is 3.58. The van der Waals surface area contributed by atoms with Crippen molar-refractivity contribution < 1.29 is 19.8 Å². The second-order valence-corrected chi connectivity index (χ2v) is 3.58. The van der Waals surface area contributed by atoms with Gasteiger partial charge in [0, 0.05) is 11.8 Å². The average Bonchev–Trinajstić information content (AvgIpc) is 2.35. The van der Waals surface area contributed by atoms with Gasteiger partial charge in [-0.05, 0) is 23.8 Å². The topological polar surface area (TPSA) is 113 Å². The lowest BCUT2D eigenvalue weighted by molar-refractivity contribution is -0.142. The lowest BCUT2D eigenvalue weighted by Crippen LogP contribution is -2.42. The Morgan fingerprint density at radius 3 is 2.44 bits per heavy atom. The Kier molecular flexibility index (Phi) is 4.89. The molecule has 0 aliphatic carbocycles. The number of carboxylic acids is 1. The molecule has 18 heavy (non-hydrogen) atoms. The molecule has 0 fully saturated rings. The molecule has 1 rings (SSSR count). The predicted octanol–water partition coefficient (Wildman–Crippen LogP) is -0.156. The highest BCUT2D eigenvalue weighted by molar-refractivity contribution is 5.94. The number of hydrogen-bond acceptors (Lipinski definition) is 4. The summed E-state index contributed by atoms with van der Waals surface area (Å²) >= 11 is 0. The van der Waals surface area contributed by atoms with Crippen LogP contribution in [0.3, 0.4) is 0 Å². The maximum absolute atomic E-state index is 11.4.